The molecule has 0 aromatic heterocycles. The second kappa shape index (κ2) is 7.12. The second-order valence-electron chi connectivity index (χ2n) is 4.69. The zero-order valence-electron chi connectivity index (χ0n) is 11.8. The molecule has 1 unspecified atom stereocenters. The van der Waals surface area contributed by atoms with Crippen molar-refractivity contribution in [3.05, 3.63) is 63.4 Å². The van der Waals surface area contributed by atoms with Crippen LogP contribution in [-0.2, 0) is 6.61 Å². The number of rotatable bonds is 5. The minimum Gasteiger partial charge on any atom is -0.489 e. The summed E-state index contributed by atoms with van der Waals surface area (Å²) in [5.41, 5.74) is 1.55. The van der Waals surface area contributed by atoms with Crippen molar-refractivity contribution in [2.75, 3.05) is 7.05 Å². The van der Waals surface area contributed by atoms with E-state index in [1.807, 2.05) is 26.1 Å². The van der Waals surface area contributed by atoms with Gasteiger partial charge in [-0.15, -0.1) is 0 Å². The molecule has 0 saturated carbocycles. The molecular formula is C16H16Cl2FNO. The van der Waals surface area contributed by atoms with Crippen LogP contribution in [0.2, 0.25) is 10.0 Å². The quantitative estimate of drug-likeness (QED) is 0.835. The molecule has 2 rings (SSSR count). The summed E-state index contributed by atoms with van der Waals surface area (Å²) in [6.07, 6.45) is 0. The topological polar surface area (TPSA) is 21.3 Å². The molecule has 0 heterocycles. The molecule has 0 bridgehead atoms. The van der Waals surface area contributed by atoms with Crippen LogP contribution in [0.4, 0.5) is 4.39 Å². The van der Waals surface area contributed by atoms with Gasteiger partial charge in [0.1, 0.15) is 18.2 Å². The molecule has 0 radical (unpaired) electrons. The molecule has 0 aliphatic carbocycles. The molecule has 2 nitrogen and oxygen atoms in total. The van der Waals surface area contributed by atoms with Crippen LogP contribution in [0.15, 0.2) is 36.4 Å². The summed E-state index contributed by atoms with van der Waals surface area (Å²) in [4.78, 5) is 0. The monoisotopic (exact) mass is 327 g/mol. The van der Waals surface area contributed by atoms with Crippen molar-refractivity contribution in [2.24, 2.45) is 0 Å². The largest absolute Gasteiger partial charge is 0.489 e. The molecule has 0 aliphatic heterocycles. The SMILES string of the molecule is CNC(C)c1cc(F)ccc1OCc1cccc(Cl)c1Cl. The van der Waals surface area contributed by atoms with Crippen LogP contribution in [-0.4, -0.2) is 7.05 Å². The van der Waals surface area contributed by atoms with E-state index < -0.39 is 0 Å². The Hall–Kier alpha value is -1.29. The third kappa shape index (κ3) is 3.88. The van der Waals surface area contributed by atoms with Crippen LogP contribution >= 0.6 is 23.2 Å². The first-order valence-corrected chi connectivity index (χ1v) is 7.31. The highest BCUT2D eigenvalue weighted by Crippen LogP contribution is 2.29. The van der Waals surface area contributed by atoms with Gasteiger partial charge in [0, 0.05) is 17.2 Å². The average molecular weight is 328 g/mol. The van der Waals surface area contributed by atoms with Gasteiger partial charge < -0.3 is 10.1 Å². The van der Waals surface area contributed by atoms with Gasteiger partial charge in [0.05, 0.1) is 10.0 Å². The fourth-order valence-corrected chi connectivity index (χ4v) is 2.33. The third-order valence-corrected chi connectivity index (χ3v) is 4.14. The van der Waals surface area contributed by atoms with E-state index in [1.54, 1.807) is 12.1 Å². The standard InChI is InChI=1S/C16H16Cl2FNO/c1-10(20-2)13-8-12(19)6-7-15(13)21-9-11-4-3-5-14(17)16(11)18/h3-8,10,20H,9H2,1-2H3. The van der Waals surface area contributed by atoms with Gasteiger partial charge in [-0.05, 0) is 38.2 Å². The van der Waals surface area contributed by atoms with Crippen molar-refractivity contribution in [1.82, 2.24) is 5.32 Å². The average Bonchev–Trinajstić information content (AvgIpc) is 2.49. The predicted molar refractivity (Wildman–Crippen MR) is 84.7 cm³/mol. The zero-order chi connectivity index (χ0) is 15.4. The summed E-state index contributed by atoms with van der Waals surface area (Å²) in [6.45, 7) is 2.21. The summed E-state index contributed by atoms with van der Waals surface area (Å²) in [5, 5.41) is 4.04. The molecule has 2 aromatic rings. The maximum Gasteiger partial charge on any atom is 0.124 e. The van der Waals surface area contributed by atoms with Gasteiger partial charge in [0.15, 0.2) is 0 Å². The smallest absolute Gasteiger partial charge is 0.124 e. The van der Waals surface area contributed by atoms with Crippen molar-refractivity contribution in [1.29, 1.82) is 0 Å². The summed E-state index contributed by atoms with van der Waals surface area (Å²) in [5.74, 6) is 0.328. The van der Waals surface area contributed by atoms with Gasteiger partial charge in [-0.2, -0.15) is 0 Å². The molecule has 5 heteroatoms. The molecule has 0 spiro atoms. The highest BCUT2D eigenvalue weighted by atomic mass is 35.5. The number of halogens is 3. The molecule has 2 aromatic carbocycles. The molecule has 1 N–H and O–H groups in total. The van der Waals surface area contributed by atoms with Crippen LogP contribution in [0.5, 0.6) is 5.75 Å². The summed E-state index contributed by atoms with van der Waals surface area (Å²) >= 11 is 12.1. The summed E-state index contributed by atoms with van der Waals surface area (Å²) < 4.78 is 19.2. The number of benzene rings is 2. The number of ether oxygens (including phenoxy) is 1. The van der Waals surface area contributed by atoms with E-state index in [1.165, 1.54) is 12.1 Å². The van der Waals surface area contributed by atoms with Gasteiger partial charge >= 0.3 is 0 Å². The first kappa shape index (κ1) is 16.1. The van der Waals surface area contributed by atoms with Gasteiger partial charge in [0.2, 0.25) is 0 Å². The normalized spacial score (nSPS) is 12.2. The Kier molecular flexibility index (Phi) is 5.45. The fraction of sp³-hybridized carbons (Fsp3) is 0.250. The van der Waals surface area contributed by atoms with E-state index in [4.69, 9.17) is 27.9 Å². The Morgan fingerprint density at radius 3 is 2.71 bits per heavy atom. The molecular weight excluding hydrogens is 312 g/mol. The Morgan fingerprint density at radius 2 is 2.00 bits per heavy atom. The summed E-state index contributed by atoms with van der Waals surface area (Å²) in [6, 6.07) is 9.83. The zero-order valence-corrected chi connectivity index (χ0v) is 13.3. The van der Waals surface area contributed by atoms with E-state index in [2.05, 4.69) is 5.32 Å². The molecule has 1 atom stereocenters. The van der Waals surface area contributed by atoms with E-state index in [9.17, 15) is 4.39 Å². The number of hydrogen-bond donors (Lipinski definition) is 1. The molecule has 0 amide bonds. The van der Waals surface area contributed by atoms with E-state index in [-0.39, 0.29) is 18.5 Å². The van der Waals surface area contributed by atoms with Crippen molar-refractivity contribution >= 4 is 23.2 Å². The predicted octanol–water partition coefficient (Wildman–Crippen LogP) is 4.99. The molecule has 0 saturated heterocycles. The van der Waals surface area contributed by atoms with Gasteiger partial charge in [0.25, 0.3) is 0 Å². The lowest BCUT2D eigenvalue weighted by Gasteiger charge is -2.17. The number of nitrogens with one attached hydrogen (secondary N) is 1. The van der Waals surface area contributed by atoms with Crippen LogP contribution in [0, 0.1) is 5.82 Å². The minimum absolute atomic E-state index is 0.0227. The molecule has 0 aliphatic rings. The van der Waals surface area contributed by atoms with Crippen LogP contribution in [0.3, 0.4) is 0 Å². The second-order valence-corrected chi connectivity index (χ2v) is 5.48. The fourth-order valence-electron chi connectivity index (χ4n) is 1.96. The number of hydrogen-bond acceptors (Lipinski definition) is 2. The lowest BCUT2D eigenvalue weighted by Crippen LogP contribution is -2.14. The first-order chi connectivity index (χ1) is 10.0. The molecule has 21 heavy (non-hydrogen) atoms. The van der Waals surface area contributed by atoms with E-state index in [0.29, 0.717) is 15.8 Å². The van der Waals surface area contributed by atoms with Crippen LogP contribution < -0.4 is 10.1 Å². The van der Waals surface area contributed by atoms with Crippen molar-refractivity contribution in [3.8, 4) is 5.75 Å². The first-order valence-electron chi connectivity index (χ1n) is 6.55. The maximum atomic E-state index is 13.4. The third-order valence-electron chi connectivity index (χ3n) is 3.29. The van der Waals surface area contributed by atoms with Crippen LogP contribution in [0.25, 0.3) is 0 Å². The Labute approximate surface area is 133 Å². The Morgan fingerprint density at radius 1 is 1.24 bits per heavy atom. The highest BCUT2D eigenvalue weighted by Gasteiger charge is 2.12. The Balaban J connectivity index is 2.22. The molecule has 112 valence electrons. The highest BCUT2D eigenvalue weighted by molar-refractivity contribution is 6.42. The maximum absolute atomic E-state index is 13.4. The van der Waals surface area contributed by atoms with E-state index in [0.717, 1.165) is 11.1 Å². The lowest BCUT2D eigenvalue weighted by molar-refractivity contribution is 0.299. The summed E-state index contributed by atoms with van der Waals surface area (Å²) in [7, 11) is 1.81. The van der Waals surface area contributed by atoms with Crippen LogP contribution in [0.1, 0.15) is 24.1 Å². The van der Waals surface area contributed by atoms with Crippen molar-refractivity contribution in [2.45, 2.75) is 19.6 Å². The van der Waals surface area contributed by atoms with Gasteiger partial charge in [-0.3, -0.25) is 0 Å². The lowest BCUT2D eigenvalue weighted by atomic mass is 10.1. The minimum atomic E-state index is -0.291. The van der Waals surface area contributed by atoms with E-state index >= 15 is 0 Å². The van der Waals surface area contributed by atoms with Crippen molar-refractivity contribution < 1.29 is 9.13 Å². The van der Waals surface area contributed by atoms with Crippen molar-refractivity contribution in [3.63, 3.8) is 0 Å². The molecule has 0 fully saturated rings. The Bertz CT molecular complexity index is 634. The van der Waals surface area contributed by atoms with Gasteiger partial charge in [-0.25, -0.2) is 4.39 Å². The van der Waals surface area contributed by atoms with Gasteiger partial charge in [-0.1, -0.05) is 35.3 Å².